The number of rotatable bonds is 3. The summed E-state index contributed by atoms with van der Waals surface area (Å²) in [5.74, 6) is 0.996. The Morgan fingerprint density at radius 1 is 1.11 bits per heavy atom. The summed E-state index contributed by atoms with van der Waals surface area (Å²) in [6.45, 7) is 0. The van der Waals surface area contributed by atoms with Gasteiger partial charge < -0.3 is 10.1 Å². The molecule has 0 spiro atoms. The fraction of sp³-hybridized carbons (Fsp3) is 0.625. The highest BCUT2D eigenvalue weighted by molar-refractivity contribution is 5.39. The van der Waals surface area contributed by atoms with Crippen molar-refractivity contribution in [1.29, 1.82) is 0 Å². The lowest BCUT2D eigenvalue weighted by molar-refractivity contribution is 0.392. The average molecular weight is 245 g/mol. The van der Waals surface area contributed by atoms with Crippen LogP contribution in [0, 0.1) is 0 Å². The molecule has 0 amide bonds. The molecule has 18 heavy (non-hydrogen) atoms. The van der Waals surface area contributed by atoms with Crippen LogP contribution in [0.2, 0.25) is 0 Å². The van der Waals surface area contributed by atoms with Gasteiger partial charge in [-0.05, 0) is 55.4 Å². The average Bonchev–Trinajstić information content (AvgIpc) is 2.91. The van der Waals surface area contributed by atoms with Gasteiger partial charge in [0, 0.05) is 12.1 Å². The van der Waals surface area contributed by atoms with Gasteiger partial charge in [0.2, 0.25) is 0 Å². The molecule has 0 bridgehead atoms. The van der Waals surface area contributed by atoms with Crippen molar-refractivity contribution in [2.45, 2.75) is 57.0 Å². The molecule has 0 radical (unpaired) electrons. The van der Waals surface area contributed by atoms with Crippen LogP contribution in [0.1, 0.15) is 55.7 Å². The topological polar surface area (TPSA) is 21.3 Å². The van der Waals surface area contributed by atoms with E-state index < -0.39 is 0 Å². The van der Waals surface area contributed by atoms with Crippen LogP contribution in [-0.4, -0.2) is 13.2 Å². The minimum atomic E-state index is 0.572. The summed E-state index contributed by atoms with van der Waals surface area (Å²) >= 11 is 0. The third kappa shape index (κ3) is 2.39. The highest BCUT2D eigenvalue weighted by Gasteiger charge is 2.24. The van der Waals surface area contributed by atoms with Crippen molar-refractivity contribution in [2.75, 3.05) is 7.11 Å². The molecule has 2 aliphatic carbocycles. The third-order valence-corrected chi connectivity index (χ3v) is 4.46. The third-order valence-electron chi connectivity index (χ3n) is 4.46. The monoisotopic (exact) mass is 245 g/mol. The van der Waals surface area contributed by atoms with Crippen molar-refractivity contribution < 1.29 is 4.74 Å². The molecule has 0 saturated heterocycles. The van der Waals surface area contributed by atoms with Crippen LogP contribution in [-0.2, 0) is 6.42 Å². The van der Waals surface area contributed by atoms with Crippen LogP contribution < -0.4 is 10.1 Å². The van der Waals surface area contributed by atoms with Gasteiger partial charge in [0.25, 0.3) is 0 Å². The summed E-state index contributed by atoms with van der Waals surface area (Å²) in [5.41, 5.74) is 2.99. The molecule has 1 N–H and O–H groups in total. The Balaban J connectivity index is 1.78. The zero-order valence-corrected chi connectivity index (χ0v) is 11.2. The molecule has 2 aliphatic rings. The lowest BCUT2D eigenvalue weighted by Crippen LogP contribution is -2.32. The van der Waals surface area contributed by atoms with E-state index in [1.54, 1.807) is 7.11 Å². The molecule has 2 nitrogen and oxygen atoms in total. The van der Waals surface area contributed by atoms with E-state index in [0.29, 0.717) is 6.04 Å². The van der Waals surface area contributed by atoms with E-state index in [-0.39, 0.29) is 0 Å². The lowest BCUT2D eigenvalue weighted by Gasteiger charge is -2.29. The first-order valence-electron chi connectivity index (χ1n) is 7.29. The number of methoxy groups -OCH3 is 1. The van der Waals surface area contributed by atoms with Gasteiger partial charge in [-0.3, -0.25) is 0 Å². The number of aryl methyl sites for hydroxylation is 1. The molecule has 0 aliphatic heterocycles. The van der Waals surface area contributed by atoms with Crippen LogP contribution in [0.5, 0.6) is 5.75 Å². The lowest BCUT2D eigenvalue weighted by atomic mass is 9.87. The zero-order valence-electron chi connectivity index (χ0n) is 11.2. The maximum Gasteiger partial charge on any atom is 0.119 e. The van der Waals surface area contributed by atoms with Crippen molar-refractivity contribution in [2.24, 2.45) is 0 Å². The zero-order chi connectivity index (χ0) is 12.4. The maximum atomic E-state index is 5.33. The van der Waals surface area contributed by atoms with Crippen LogP contribution in [0.4, 0.5) is 0 Å². The molecule has 1 saturated carbocycles. The molecule has 1 unspecified atom stereocenters. The maximum absolute atomic E-state index is 5.33. The van der Waals surface area contributed by atoms with Gasteiger partial charge in [-0.1, -0.05) is 18.9 Å². The predicted octanol–water partition coefficient (Wildman–Crippen LogP) is 3.60. The fourth-order valence-corrected chi connectivity index (χ4v) is 3.47. The van der Waals surface area contributed by atoms with Crippen molar-refractivity contribution in [3.05, 3.63) is 29.3 Å². The summed E-state index contributed by atoms with van der Waals surface area (Å²) in [5, 5.41) is 3.87. The SMILES string of the molecule is COc1ccc2c(c1)CCCC2NC1CCCC1. The van der Waals surface area contributed by atoms with Crippen LogP contribution in [0.3, 0.4) is 0 Å². The summed E-state index contributed by atoms with van der Waals surface area (Å²) in [6, 6.07) is 7.91. The van der Waals surface area contributed by atoms with Gasteiger partial charge in [-0.25, -0.2) is 0 Å². The standard InChI is InChI=1S/C16H23NO/c1-18-14-9-10-15-12(11-14)5-4-8-16(15)17-13-6-2-3-7-13/h9-11,13,16-17H,2-8H2,1H3. The smallest absolute Gasteiger partial charge is 0.119 e. The second-order valence-corrected chi connectivity index (χ2v) is 5.66. The molecule has 3 rings (SSSR count). The van der Waals surface area contributed by atoms with Gasteiger partial charge in [0.05, 0.1) is 7.11 Å². The number of ether oxygens (including phenoxy) is 1. The minimum absolute atomic E-state index is 0.572. The van der Waals surface area contributed by atoms with E-state index in [4.69, 9.17) is 4.74 Å². The summed E-state index contributed by atoms with van der Waals surface area (Å²) < 4.78 is 5.33. The quantitative estimate of drug-likeness (QED) is 0.878. The molecule has 98 valence electrons. The number of hydrogen-bond acceptors (Lipinski definition) is 2. The molecule has 1 fully saturated rings. The minimum Gasteiger partial charge on any atom is -0.497 e. The number of benzene rings is 1. The Bertz CT molecular complexity index is 410. The second kappa shape index (κ2) is 5.31. The Labute approximate surface area is 110 Å². The fourth-order valence-electron chi connectivity index (χ4n) is 3.47. The van der Waals surface area contributed by atoms with Gasteiger partial charge in [0.15, 0.2) is 0 Å². The summed E-state index contributed by atoms with van der Waals surface area (Å²) in [6.07, 6.45) is 9.32. The van der Waals surface area contributed by atoms with Crippen LogP contribution in [0.25, 0.3) is 0 Å². The molecule has 2 heteroatoms. The van der Waals surface area contributed by atoms with E-state index in [1.165, 1.54) is 56.1 Å². The van der Waals surface area contributed by atoms with Crippen molar-refractivity contribution in [1.82, 2.24) is 5.32 Å². The molecule has 1 atom stereocenters. The largest absolute Gasteiger partial charge is 0.497 e. The molecule has 0 heterocycles. The predicted molar refractivity (Wildman–Crippen MR) is 74.1 cm³/mol. The molecular weight excluding hydrogens is 222 g/mol. The number of nitrogens with one attached hydrogen (secondary N) is 1. The first-order valence-corrected chi connectivity index (χ1v) is 7.29. The van der Waals surface area contributed by atoms with Crippen molar-refractivity contribution in [3.8, 4) is 5.75 Å². The van der Waals surface area contributed by atoms with E-state index in [2.05, 4.69) is 23.5 Å². The Hall–Kier alpha value is -1.02. The van der Waals surface area contributed by atoms with Gasteiger partial charge >= 0.3 is 0 Å². The highest BCUT2D eigenvalue weighted by atomic mass is 16.5. The van der Waals surface area contributed by atoms with E-state index in [1.807, 2.05) is 0 Å². The van der Waals surface area contributed by atoms with Gasteiger partial charge in [-0.2, -0.15) is 0 Å². The van der Waals surface area contributed by atoms with Crippen molar-refractivity contribution >= 4 is 0 Å². The summed E-state index contributed by atoms with van der Waals surface area (Å²) in [4.78, 5) is 0. The second-order valence-electron chi connectivity index (χ2n) is 5.66. The molecule has 0 aromatic heterocycles. The number of hydrogen-bond donors (Lipinski definition) is 1. The van der Waals surface area contributed by atoms with Gasteiger partial charge in [-0.15, -0.1) is 0 Å². The highest BCUT2D eigenvalue weighted by Crippen LogP contribution is 2.33. The van der Waals surface area contributed by atoms with Crippen molar-refractivity contribution in [3.63, 3.8) is 0 Å². The van der Waals surface area contributed by atoms with E-state index >= 15 is 0 Å². The molecule has 1 aromatic rings. The molecular formula is C16H23NO. The Kier molecular flexibility index (Phi) is 3.55. The first kappa shape index (κ1) is 12.0. The number of fused-ring (bicyclic) bond motifs is 1. The Morgan fingerprint density at radius 2 is 1.94 bits per heavy atom. The Morgan fingerprint density at radius 3 is 2.72 bits per heavy atom. The normalized spacial score (nSPS) is 23.9. The van der Waals surface area contributed by atoms with E-state index in [9.17, 15) is 0 Å². The van der Waals surface area contributed by atoms with Crippen LogP contribution in [0.15, 0.2) is 18.2 Å². The molecule has 1 aromatic carbocycles. The summed E-state index contributed by atoms with van der Waals surface area (Å²) in [7, 11) is 1.75. The first-order chi connectivity index (χ1) is 8.86. The van der Waals surface area contributed by atoms with Gasteiger partial charge in [0.1, 0.15) is 5.75 Å². The van der Waals surface area contributed by atoms with E-state index in [0.717, 1.165) is 11.8 Å². The van der Waals surface area contributed by atoms with Crippen LogP contribution >= 0.6 is 0 Å².